The zero-order valence-corrected chi connectivity index (χ0v) is 43.7. The molecule has 3 heterocycles. The molecule has 0 bridgehead atoms. The summed E-state index contributed by atoms with van der Waals surface area (Å²) in [6, 6.07) is 50.0. The summed E-state index contributed by atoms with van der Waals surface area (Å²) in [5, 5.41) is 2.34. The number of anilines is 5. The van der Waals surface area contributed by atoms with Crippen LogP contribution < -0.4 is 20.6 Å². The minimum Gasteiger partial charge on any atom is -0.456 e. The summed E-state index contributed by atoms with van der Waals surface area (Å²) >= 11 is 0. The van der Waals surface area contributed by atoms with E-state index in [2.05, 4.69) is 220 Å². The van der Waals surface area contributed by atoms with Crippen LogP contribution in [0.3, 0.4) is 0 Å². The van der Waals surface area contributed by atoms with Crippen molar-refractivity contribution >= 4 is 68.1 Å². The molecule has 7 aromatic carbocycles. The van der Waals surface area contributed by atoms with Gasteiger partial charge in [0, 0.05) is 44.8 Å². The van der Waals surface area contributed by atoms with E-state index in [-0.39, 0.29) is 39.3 Å². The lowest BCUT2D eigenvalue weighted by molar-refractivity contribution is 0.332. The third-order valence-electron chi connectivity index (χ3n) is 18.8. The van der Waals surface area contributed by atoms with Crippen molar-refractivity contribution in [3.8, 4) is 22.3 Å². The molecule has 0 radical (unpaired) electrons. The molecule has 3 aliphatic carbocycles. The fourth-order valence-electron chi connectivity index (χ4n) is 14.1. The van der Waals surface area contributed by atoms with Gasteiger partial charge >= 0.3 is 6.85 Å². The van der Waals surface area contributed by atoms with Gasteiger partial charge in [0.2, 0.25) is 0 Å². The summed E-state index contributed by atoms with van der Waals surface area (Å²) in [7, 11) is 0. The SMILES string of the molecule is CC1(C)CCC(C)(C)c2cc(N3B4c5cc6c(cc5N(c5ccc7c(c5)C(C)(C)CCC7(C)C)c5cc(-c7ccccc7)cc(c54)-c4c3ccc3oc5ccccc5c43)C(C)(C)CCC6(C)C)ccc21. The minimum absolute atomic E-state index is 0.0209. The Labute approximate surface area is 417 Å². The van der Waals surface area contributed by atoms with Crippen molar-refractivity contribution in [2.24, 2.45) is 0 Å². The first-order valence-corrected chi connectivity index (χ1v) is 26.4. The van der Waals surface area contributed by atoms with Crippen LogP contribution in [0.2, 0.25) is 0 Å². The summed E-state index contributed by atoms with van der Waals surface area (Å²) in [5.41, 5.74) is 25.1. The number of hydrogen-bond donors (Lipinski definition) is 0. The van der Waals surface area contributed by atoms with E-state index < -0.39 is 0 Å². The molecular weight excluding hydrogens is 848 g/mol. The van der Waals surface area contributed by atoms with Gasteiger partial charge in [0.25, 0.3) is 0 Å². The summed E-state index contributed by atoms with van der Waals surface area (Å²) < 4.78 is 6.82. The largest absolute Gasteiger partial charge is 0.456 e. The molecule has 0 fully saturated rings. The van der Waals surface area contributed by atoms with Gasteiger partial charge in [-0.2, -0.15) is 0 Å². The van der Waals surface area contributed by atoms with Crippen molar-refractivity contribution in [1.29, 1.82) is 0 Å². The van der Waals surface area contributed by atoms with E-state index in [1.807, 2.05) is 0 Å². The predicted octanol–water partition coefficient (Wildman–Crippen LogP) is 17.0. The Morgan fingerprint density at radius 2 is 0.943 bits per heavy atom. The standard InChI is InChI=1S/C66H69BN2O/c1-61(2)28-30-63(5,6)48-36-42(22-24-46(48)61)68-54-39-51-50(65(9,10)32-33-66(51,11)12)38-52(54)67-60-45(34-41(35-55(60)68)40-18-14-13-15-19-40)58-53(26-27-57-59(58)44-20-16-17-21-56(44)70-57)69(67)43-23-25-47-49(37-43)64(7,8)31-29-62(47,3)4/h13-27,34-39H,28-33H2,1-12H3. The molecule has 352 valence electrons. The molecule has 0 unspecified atom stereocenters. The molecule has 4 heteroatoms. The molecule has 0 saturated heterocycles. The average molecular weight is 917 g/mol. The normalized spacial score (nSPS) is 20.3. The van der Waals surface area contributed by atoms with Crippen molar-refractivity contribution in [3.63, 3.8) is 0 Å². The van der Waals surface area contributed by atoms with Gasteiger partial charge in [0.05, 0.1) is 0 Å². The van der Waals surface area contributed by atoms with Gasteiger partial charge < -0.3 is 14.1 Å². The number of para-hydroxylation sites is 1. The molecule has 0 spiro atoms. The maximum absolute atomic E-state index is 6.82. The topological polar surface area (TPSA) is 19.6 Å². The van der Waals surface area contributed by atoms with E-state index in [1.165, 1.54) is 120 Å². The Morgan fingerprint density at radius 1 is 0.414 bits per heavy atom. The summed E-state index contributed by atoms with van der Waals surface area (Å²) in [4.78, 5) is 5.48. The summed E-state index contributed by atoms with van der Waals surface area (Å²) in [5.74, 6) is 0. The summed E-state index contributed by atoms with van der Waals surface area (Å²) in [6.07, 6.45) is 7.02. The van der Waals surface area contributed by atoms with Crippen LogP contribution in [-0.4, -0.2) is 6.85 Å². The van der Waals surface area contributed by atoms with Crippen LogP contribution in [0.1, 0.15) is 155 Å². The van der Waals surface area contributed by atoms with Gasteiger partial charge in [-0.15, -0.1) is 0 Å². The quantitative estimate of drug-likeness (QED) is 0.165. The molecular formula is C66H69BN2O. The predicted molar refractivity (Wildman–Crippen MR) is 299 cm³/mol. The molecule has 0 amide bonds. The number of nitrogens with zero attached hydrogens (tertiary/aromatic N) is 2. The molecule has 0 atom stereocenters. The van der Waals surface area contributed by atoms with Gasteiger partial charge in [0.15, 0.2) is 0 Å². The second-order valence-corrected chi connectivity index (χ2v) is 26.1. The molecule has 0 N–H and O–H groups in total. The molecule has 5 aliphatic rings. The fraction of sp³-hybridized carbons (Fsp3) is 0.364. The van der Waals surface area contributed by atoms with Crippen LogP contribution in [0, 0.1) is 0 Å². The zero-order valence-electron chi connectivity index (χ0n) is 43.7. The molecule has 13 rings (SSSR count). The smallest absolute Gasteiger partial charge is 0.333 e. The van der Waals surface area contributed by atoms with E-state index in [1.54, 1.807) is 0 Å². The van der Waals surface area contributed by atoms with Crippen LogP contribution in [0.15, 0.2) is 132 Å². The lowest BCUT2D eigenvalue weighted by Crippen LogP contribution is -2.62. The monoisotopic (exact) mass is 917 g/mol. The highest BCUT2D eigenvalue weighted by atomic mass is 16.3. The number of benzene rings is 7. The van der Waals surface area contributed by atoms with Crippen molar-refractivity contribution in [1.82, 2.24) is 0 Å². The van der Waals surface area contributed by atoms with Gasteiger partial charge in [-0.1, -0.05) is 150 Å². The van der Waals surface area contributed by atoms with Crippen molar-refractivity contribution in [3.05, 3.63) is 161 Å². The molecule has 0 saturated carbocycles. The molecule has 8 aromatic rings. The van der Waals surface area contributed by atoms with Gasteiger partial charge in [0.1, 0.15) is 11.2 Å². The highest BCUT2D eigenvalue weighted by Crippen LogP contribution is 2.56. The van der Waals surface area contributed by atoms with E-state index in [4.69, 9.17) is 4.42 Å². The molecule has 3 nitrogen and oxygen atoms in total. The Bertz CT molecular complexity index is 3530. The fourth-order valence-corrected chi connectivity index (χ4v) is 14.1. The van der Waals surface area contributed by atoms with Crippen LogP contribution in [0.5, 0.6) is 0 Å². The first-order chi connectivity index (χ1) is 33.2. The minimum atomic E-state index is -0.110. The average Bonchev–Trinajstić information content (AvgIpc) is 3.72. The Hall–Kier alpha value is -6.00. The number of rotatable bonds is 3. The van der Waals surface area contributed by atoms with Crippen LogP contribution >= 0.6 is 0 Å². The van der Waals surface area contributed by atoms with Crippen LogP contribution in [0.4, 0.5) is 28.4 Å². The first kappa shape index (κ1) is 44.0. The molecule has 70 heavy (non-hydrogen) atoms. The van der Waals surface area contributed by atoms with Crippen molar-refractivity contribution in [2.45, 2.75) is 154 Å². The number of furan rings is 1. The van der Waals surface area contributed by atoms with Gasteiger partial charge in [-0.3, -0.25) is 0 Å². The van der Waals surface area contributed by atoms with Crippen LogP contribution in [0.25, 0.3) is 44.2 Å². The van der Waals surface area contributed by atoms with Crippen LogP contribution in [-0.2, 0) is 32.5 Å². The third-order valence-corrected chi connectivity index (χ3v) is 18.8. The lowest BCUT2D eigenvalue weighted by Gasteiger charge is -2.49. The first-order valence-electron chi connectivity index (χ1n) is 26.4. The second kappa shape index (κ2) is 14.3. The van der Waals surface area contributed by atoms with E-state index in [0.717, 1.165) is 35.8 Å². The van der Waals surface area contributed by atoms with E-state index in [9.17, 15) is 0 Å². The Balaban J connectivity index is 1.21. The molecule has 2 aliphatic heterocycles. The maximum atomic E-state index is 6.82. The number of fused-ring (bicyclic) bond motifs is 11. The number of hydrogen-bond acceptors (Lipinski definition) is 3. The van der Waals surface area contributed by atoms with Crippen molar-refractivity contribution in [2.75, 3.05) is 9.71 Å². The second-order valence-electron chi connectivity index (χ2n) is 26.1. The molecule has 1 aromatic heterocycles. The lowest BCUT2D eigenvalue weighted by atomic mass is 9.42. The highest BCUT2D eigenvalue weighted by Gasteiger charge is 2.50. The van der Waals surface area contributed by atoms with Crippen molar-refractivity contribution < 1.29 is 4.42 Å². The third kappa shape index (κ3) is 6.19. The van der Waals surface area contributed by atoms with Gasteiger partial charge in [-0.05, 0) is 193 Å². The maximum Gasteiger partial charge on any atom is 0.333 e. The van der Waals surface area contributed by atoms with E-state index >= 15 is 0 Å². The highest BCUT2D eigenvalue weighted by molar-refractivity contribution is 6.93. The summed E-state index contributed by atoms with van der Waals surface area (Å²) in [6.45, 7) is 29.5. The zero-order chi connectivity index (χ0) is 48.7. The van der Waals surface area contributed by atoms with Gasteiger partial charge in [-0.25, -0.2) is 0 Å². The van der Waals surface area contributed by atoms with E-state index in [0.29, 0.717) is 0 Å². The Kier molecular flexibility index (Phi) is 9.01. The Morgan fingerprint density at radius 3 is 1.57 bits per heavy atom.